The van der Waals surface area contributed by atoms with Crippen molar-refractivity contribution >= 4 is 12.0 Å². The molecular weight excluding hydrogens is 238 g/mol. The first-order chi connectivity index (χ1) is 9.22. The van der Waals surface area contributed by atoms with E-state index in [1.165, 1.54) is 5.56 Å². The third-order valence-corrected chi connectivity index (χ3v) is 2.89. The number of carbonyl (C=O) groups is 1. The highest BCUT2D eigenvalue weighted by Gasteiger charge is 1.95. The van der Waals surface area contributed by atoms with Gasteiger partial charge < -0.3 is 10.4 Å². The van der Waals surface area contributed by atoms with Crippen LogP contribution in [-0.4, -0.2) is 24.2 Å². The molecule has 0 saturated carbocycles. The molecule has 0 heterocycles. The minimum Gasteiger partial charge on any atom is -0.396 e. The summed E-state index contributed by atoms with van der Waals surface area (Å²) in [5.41, 5.74) is 2.24. The van der Waals surface area contributed by atoms with Crippen molar-refractivity contribution in [3.63, 3.8) is 0 Å². The van der Waals surface area contributed by atoms with Gasteiger partial charge in [0.1, 0.15) is 0 Å². The van der Waals surface area contributed by atoms with E-state index in [2.05, 4.69) is 5.32 Å². The number of rotatable bonds is 8. The minimum absolute atomic E-state index is 0.0530. The first kappa shape index (κ1) is 15.4. The summed E-state index contributed by atoms with van der Waals surface area (Å²) in [6.45, 7) is 2.99. The highest BCUT2D eigenvalue weighted by molar-refractivity contribution is 5.91. The van der Waals surface area contributed by atoms with Gasteiger partial charge >= 0.3 is 0 Å². The van der Waals surface area contributed by atoms with Crippen molar-refractivity contribution in [1.82, 2.24) is 5.32 Å². The topological polar surface area (TPSA) is 49.3 Å². The molecule has 1 amide bonds. The summed E-state index contributed by atoms with van der Waals surface area (Å²) in [4.78, 5) is 11.5. The second-order valence-electron chi connectivity index (χ2n) is 4.67. The van der Waals surface area contributed by atoms with Crippen molar-refractivity contribution in [3.05, 3.63) is 41.5 Å². The molecule has 1 aromatic rings. The molecule has 0 aliphatic carbocycles. The summed E-state index contributed by atoms with van der Waals surface area (Å²) in [5, 5.41) is 11.5. The smallest absolute Gasteiger partial charge is 0.243 e. The molecule has 3 nitrogen and oxygen atoms in total. The molecule has 0 aliphatic heterocycles. The van der Waals surface area contributed by atoms with Crippen LogP contribution in [0.4, 0.5) is 0 Å². The van der Waals surface area contributed by atoms with E-state index >= 15 is 0 Å². The molecule has 1 aromatic carbocycles. The van der Waals surface area contributed by atoms with Gasteiger partial charge in [0.15, 0.2) is 0 Å². The molecule has 0 spiro atoms. The molecule has 0 saturated heterocycles. The normalized spacial score (nSPS) is 10.8. The number of hydrogen-bond acceptors (Lipinski definition) is 2. The number of unbranched alkanes of at least 4 members (excludes halogenated alkanes) is 3. The minimum atomic E-state index is -0.0530. The van der Waals surface area contributed by atoms with E-state index in [-0.39, 0.29) is 12.5 Å². The number of aryl methyl sites for hydroxylation is 1. The standard InChI is InChI=1S/C16H23NO2/c1-14-6-8-15(9-7-14)10-11-16(19)17-12-4-2-3-5-13-18/h6-11,18H,2-5,12-13H2,1H3,(H,17,19)/b11-10+. The Labute approximate surface area is 115 Å². The SMILES string of the molecule is Cc1ccc(/C=C/C(=O)NCCCCCCO)cc1. The number of benzene rings is 1. The third kappa shape index (κ3) is 7.42. The first-order valence-corrected chi connectivity index (χ1v) is 6.86. The predicted octanol–water partition coefficient (Wildman–Crippen LogP) is 2.68. The fourth-order valence-electron chi connectivity index (χ4n) is 1.71. The fraction of sp³-hybridized carbons (Fsp3) is 0.438. The Balaban J connectivity index is 2.18. The van der Waals surface area contributed by atoms with E-state index in [0.717, 1.165) is 31.2 Å². The summed E-state index contributed by atoms with van der Waals surface area (Å²) < 4.78 is 0. The molecule has 0 fully saturated rings. The predicted molar refractivity (Wildman–Crippen MR) is 78.8 cm³/mol. The van der Waals surface area contributed by atoms with Crippen molar-refractivity contribution in [2.75, 3.05) is 13.2 Å². The second kappa shape index (κ2) is 9.34. The molecule has 0 radical (unpaired) electrons. The number of aliphatic hydroxyl groups is 1. The van der Waals surface area contributed by atoms with Crippen LogP contribution in [0.2, 0.25) is 0 Å². The average Bonchev–Trinajstić information content (AvgIpc) is 2.42. The lowest BCUT2D eigenvalue weighted by molar-refractivity contribution is -0.116. The summed E-state index contributed by atoms with van der Waals surface area (Å²) >= 11 is 0. The highest BCUT2D eigenvalue weighted by atomic mass is 16.2. The molecule has 1 rings (SSSR count). The second-order valence-corrected chi connectivity index (χ2v) is 4.67. The molecule has 2 N–H and O–H groups in total. The van der Waals surface area contributed by atoms with E-state index in [0.29, 0.717) is 6.54 Å². The Morgan fingerprint density at radius 2 is 1.84 bits per heavy atom. The molecule has 0 unspecified atom stereocenters. The van der Waals surface area contributed by atoms with Crippen LogP contribution in [0.15, 0.2) is 30.3 Å². The lowest BCUT2D eigenvalue weighted by Crippen LogP contribution is -2.21. The summed E-state index contributed by atoms with van der Waals surface area (Å²) in [6.07, 6.45) is 7.26. The van der Waals surface area contributed by atoms with Crippen LogP contribution in [0.25, 0.3) is 6.08 Å². The Kier molecular flexibility index (Phi) is 7.59. The molecule has 104 valence electrons. The lowest BCUT2D eigenvalue weighted by atomic mass is 10.1. The van der Waals surface area contributed by atoms with E-state index in [4.69, 9.17) is 5.11 Å². The average molecular weight is 261 g/mol. The van der Waals surface area contributed by atoms with Crippen molar-refractivity contribution < 1.29 is 9.90 Å². The van der Waals surface area contributed by atoms with Gasteiger partial charge in [-0.1, -0.05) is 42.7 Å². The summed E-state index contributed by atoms with van der Waals surface area (Å²) in [7, 11) is 0. The van der Waals surface area contributed by atoms with Crippen LogP contribution in [0.1, 0.15) is 36.8 Å². The van der Waals surface area contributed by atoms with Crippen molar-refractivity contribution in [1.29, 1.82) is 0 Å². The van der Waals surface area contributed by atoms with E-state index in [1.54, 1.807) is 6.08 Å². The number of amides is 1. The zero-order valence-electron chi connectivity index (χ0n) is 11.6. The van der Waals surface area contributed by atoms with Crippen LogP contribution in [0.5, 0.6) is 0 Å². The largest absolute Gasteiger partial charge is 0.396 e. The molecule has 19 heavy (non-hydrogen) atoms. The Morgan fingerprint density at radius 1 is 1.16 bits per heavy atom. The molecule has 0 aliphatic rings. The Morgan fingerprint density at radius 3 is 2.53 bits per heavy atom. The third-order valence-electron chi connectivity index (χ3n) is 2.89. The van der Waals surface area contributed by atoms with Crippen molar-refractivity contribution in [2.24, 2.45) is 0 Å². The summed E-state index contributed by atoms with van der Waals surface area (Å²) in [6, 6.07) is 8.04. The lowest BCUT2D eigenvalue weighted by Gasteiger charge is -2.01. The molecule has 3 heteroatoms. The zero-order valence-corrected chi connectivity index (χ0v) is 11.6. The van der Waals surface area contributed by atoms with Crippen LogP contribution >= 0.6 is 0 Å². The quantitative estimate of drug-likeness (QED) is 0.558. The van der Waals surface area contributed by atoms with Crippen molar-refractivity contribution in [2.45, 2.75) is 32.6 Å². The van der Waals surface area contributed by atoms with E-state index in [9.17, 15) is 4.79 Å². The number of aliphatic hydroxyl groups excluding tert-OH is 1. The zero-order chi connectivity index (χ0) is 13.9. The van der Waals surface area contributed by atoms with Crippen LogP contribution < -0.4 is 5.32 Å². The monoisotopic (exact) mass is 261 g/mol. The van der Waals surface area contributed by atoms with Crippen LogP contribution in [-0.2, 0) is 4.79 Å². The van der Waals surface area contributed by atoms with Crippen molar-refractivity contribution in [3.8, 4) is 0 Å². The van der Waals surface area contributed by atoms with Gasteiger partial charge in [-0.2, -0.15) is 0 Å². The Bertz CT molecular complexity index is 396. The van der Waals surface area contributed by atoms with Crippen LogP contribution in [0, 0.1) is 6.92 Å². The van der Waals surface area contributed by atoms with E-state index in [1.807, 2.05) is 37.3 Å². The van der Waals surface area contributed by atoms with Crippen LogP contribution in [0.3, 0.4) is 0 Å². The Hall–Kier alpha value is -1.61. The molecular formula is C16H23NO2. The van der Waals surface area contributed by atoms with Gasteiger partial charge in [-0.25, -0.2) is 0 Å². The van der Waals surface area contributed by atoms with Gasteiger partial charge in [0, 0.05) is 19.2 Å². The molecule has 0 aromatic heterocycles. The fourth-order valence-corrected chi connectivity index (χ4v) is 1.71. The highest BCUT2D eigenvalue weighted by Crippen LogP contribution is 2.04. The maximum atomic E-state index is 11.5. The molecule has 0 bridgehead atoms. The maximum Gasteiger partial charge on any atom is 0.243 e. The van der Waals surface area contributed by atoms with Gasteiger partial charge in [0.2, 0.25) is 5.91 Å². The van der Waals surface area contributed by atoms with Gasteiger partial charge in [-0.15, -0.1) is 0 Å². The van der Waals surface area contributed by atoms with E-state index < -0.39 is 0 Å². The molecule has 0 atom stereocenters. The van der Waals surface area contributed by atoms with Gasteiger partial charge in [0.25, 0.3) is 0 Å². The number of hydrogen-bond donors (Lipinski definition) is 2. The van der Waals surface area contributed by atoms with Gasteiger partial charge in [-0.05, 0) is 31.4 Å². The number of carbonyl (C=O) groups excluding carboxylic acids is 1. The summed E-state index contributed by atoms with van der Waals surface area (Å²) in [5.74, 6) is -0.0530. The first-order valence-electron chi connectivity index (χ1n) is 6.86. The maximum absolute atomic E-state index is 11.5. The number of nitrogens with one attached hydrogen (secondary N) is 1. The van der Waals surface area contributed by atoms with Gasteiger partial charge in [-0.3, -0.25) is 4.79 Å². The van der Waals surface area contributed by atoms with Gasteiger partial charge in [0.05, 0.1) is 0 Å².